The number of hydrogen-bond acceptors (Lipinski definition) is 7. The van der Waals surface area contributed by atoms with Crippen LogP contribution in [0.2, 0.25) is 0 Å². The van der Waals surface area contributed by atoms with Crippen molar-refractivity contribution in [1.29, 1.82) is 0 Å². The molecule has 2 aromatic rings. The standard InChI is InChI=1S/C13H16N6O/c1-20-10-7-6-9(18-19-10)12-15-11(16-13(14)17-12)8-4-2-3-5-8/h6-8H,2-5H2,1H3,(H2,14,15,16,17). The van der Waals surface area contributed by atoms with E-state index in [1.165, 1.54) is 12.8 Å². The highest BCUT2D eigenvalue weighted by Crippen LogP contribution is 2.32. The molecule has 0 amide bonds. The third kappa shape index (κ3) is 2.52. The fourth-order valence-electron chi connectivity index (χ4n) is 2.44. The van der Waals surface area contributed by atoms with Gasteiger partial charge in [-0.3, -0.25) is 0 Å². The van der Waals surface area contributed by atoms with Gasteiger partial charge < -0.3 is 10.5 Å². The van der Waals surface area contributed by atoms with Crippen molar-refractivity contribution in [2.24, 2.45) is 0 Å². The lowest BCUT2D eigenvalue weighted by Gasteiger charge is -2.09. The smallest absolute Gasteiger partial charge is 0.233 e. The number of anilines is 1. The number of ether oxygens (including phenoxy) is 1. The molecule has 2 N–H and O–H groups in total. The molecule has 0 radical (unpaired) electrons. The van der Waals surface area contributed by atoms with Gasteiger partial charge in [0.2, 0.25) is 11.8 Å². The summed E-state index contributed by atoms with van der Waals surface area (Å²) < 4.78 is 4.98. The van der Waals surface area contributed by atoms with Gasteiger partial charge >= 0.3 is 0 Å². The van der Waals surface area contributed by atoms with Crippen molar-refractivity contribution in [3.63, 3.8) is 0 Å². The average Bonchev–Trinajstić information content (AvgIpc) is 3.01. The predicted molar refractivity (Wildman–Crippen MR) is 73.0 cm³/mol. The van der Waals surface area contributed by atoms with Crippen LogP contribution in [0.25, 0.3) is 11.5 Å². The van der Waals surface area contributed by atoms with Crippen LogP contribution in [0.1, 0.15) is 37.4 Å². The number of rotatable bonds is 3. The maximum atomic E-state index is 5.79. The SMILES string of the molecule is COc1ccc(-c2nc(N)nc(C3CCCC3)n2)nn1. The molecule has 1 aliphatic carbocycles. The Bertz CT molecular complexity index is 594. The largest absolute Gasteiger partial charge is 0.480 e. The summed E-state index contributed by atoms with van der Waals surface area (Å²) >= 11 is 0. The van der Waals surface area contributed by atoms with Crippen LogP contribution >= 0.6 is 0 Å². The Morgan fingerprint density at radius 2 is 1.90 bits per heavy atom. The van der Waals surface area contributed by atoms with Crippen LogP contribution in [-0.4, -0.2) is 32.3 Å². The molecule has 0 atom stereocenters. The van der Waals surface area contributed by atoms with Crippen LogP contribution in [0.4, 0.5) is 5.95 Å². The molecule has 0 unspecified atom stereocenters. The Kier molecular flexibility index (Phi) is 3.41. The minimum atomic E-state index is 0.231. The predicted octanol–water partition coefficient (Wildman–Crippen LogP) is 1.58. The van der Waals surface area contributed by atoms with Gasteiger partial charge in [0.1, 0.15) is 11.5 Å². The monoisotopic (exact) mass is 272 g/mol. The highest BCUT2D eigenvalue weighted by Gasteiger charge is 2.21. The first-order chi connectivity index (χ1) is 9.76. The number of aromatic nitrogens is 5. The van der Waals surface area contributed by atoms with E-state index >= 15 is 0 Å². The first-order valence-corrected chi connectivity index (χ1v) is 6.66. The van der Waals surface area contributed by atoms with Gasteiger partial charge in [-0.15, -0.1) is 10.2 Å². The molecular weight excluding hydrogens is 256 g/mol. The molecule has 1 saturated carbocycles. The quantitative estimate of drug-likeness (QED) is 0.905. The van der Waals surface area contributed by atoms with Gasteiger partial charge in [0.15, 0.2) is 5.82 Å². The summed E-state index contributed by atoms with van der Waals surface area (Å²) in [5.41, 5.74) is 6.35. The molecule has 0 spiro atoms. The zero-order valence-corrected chi connectivity index (χ0v) is 11.3. The second-order valence-corrected chi connectivity index (χ2v) is 4.82. The van der Waals surface area contributed by atoms with Crippen LogP contribution in [0.3, 0.4) is 0 Å². The maximum absolute atomic E-state index is 5.79. The van der Waals surface area contributed by atoms with Gasteiger partial charge in [-0.05, 0) is 18.9 Å². The minimum absolute atomic E-state index is 0.231. The molecule has 0 aromatic carbocycles. The molecular formula is C13H16N6O. The number of nitrogen functional groups attached to an aromatic ring is 1. The van der Waals surface area contributed by atoms with Crippen molar-refractivity contribution in [2.75, 3.05) is 12.8 Å². The summed E-state index contributed by atoms with van der Waals surface area (Å²) in [6.45, 7) is 0. The topological polar surface area (TPSA) is 99.7 Å². The van der Waals surface area contributed by atoms with Crippen molar-refractivity contribution in [3.8, 4) is 17.4 Å². The van der Waals surface area contributed by atoms with Gasteiger partial charge in [-0.2, -0.15) is 9.97 Å². The highest BCUT2D eigenvalue weighted by atomic mass is 16.5. The molecule has 2 aromatic heterocycles. The second kappa shape index (κ2) is 5.36. The number of hydrogen-bond donors (Lipinski definition) is 1. The lowest BCUT2D eigenvalue weighted by Crippen LogP contribution is -2.08. The molecule has 1 fully saturated rings. The zero-order chi connectivity index (χ0) is 13.9. The molecule has 7 heteroatoms. The number of methoxy groups -OCH3 is 1. The van der Waals surface area contributed by atoms with E-state index in [1.54, 1.807) is 19.2 Å². The summed E-state index contributed by atoms with van der Waals surface area (Å²) in [5.74, 6) is 2.30. The van der Waals surface area contributed by atoms with Crippen molar-refractivity contribution >= 4 is 5.95 Å². The van der Waals surface area contributed by atoms with E-state index in [9.17, 15) is 0 Å². The summed E-state index contributed by atoms with van der Waals surface area (Å²) in [6.07, 6.45) is 4.65. The summed E-state index contributed by atoms with van der Waals surface area (Å²) in [4.78, 5) is 12.9. The molecule has 2 heterocycles. The van der Waals surface area contributed by atoms with Gasteiger partial charge in [-0.1, -0.05) is 12.8 Å². The Balaban J connectivity index is 1.95. The first-order valence-electron chi connectivity index (χ1n) is 6.66. The van der Waals surface area contributed by atoms with E-state index in [2.05, 4.69) is 25.1 Å². The summed E-state index contributed by atoms with van der Waals surface area (Å²) in [6, 6.07) is 3.48. The van der Waals surface area contributed by atoms with Crippen molar-refractivity contribution < 1.29 is 4.74 Å². The van der Waals surface area contributed by atoms with Crippen LogP contribution in [0.5, 0.6) is 5.88 Å². The third-order valence-corrected chi connectivity index (χ3v) is 3.47. The molecule has 1 aliphatic rings. The molecule has 0 saturated heterocycles. The van der Waals surface area contributed by atoms with Crippen LogP contribution in [-0.2, 0) is 0 Å². The fraction of sp³-hybridized carbons (Fsp3) is 0.462. The normalized spacial score (nSPS) is 15.4. The van der Waals surface area contributed by atoms with Gasteiger partial charge in [0.25, 0.3) is 0 Å². The van der Waals surface area contributed by atoms with Gasteiger partial charge in [-0.25, -0.2) is 4.98 Å². The average molecular weight is 272 g/mol. The van der Waals surface area contributed by atoms with Crippen LogP contribution in [0.15, 0.2) is 12.1 Å². The number of nitrogens with two attached hydrogens (primary N) is 1. The van der Waals surface area contributed by atoms with E-state index < -0.39 is 0 Å². The zero-order valence-electron chi connectivity index (χ0n) is 11.3. The lowest BCUT2D eigenvalue weighted by atomic mass is 10.1. The maximum Gasteiger partial charge on any atom is 0.233 e. The van der Waals surface area contributed by atoms with Crippen LogP contribution in [0, 0.1) is 0 Å². The van der Waals surface area contributed by atoms with Crippen molar-refractivity contribution in [1.82, 2.24) is 25.1 Å². The Hall–Kier alpha value is -2.31. The fourth-order valence-corrected chi connectivity index (χ4v) is 2.44. The van der Waals surface area contributed by atoms with Crippen molar-refractivity contribution in [3.05, 3.63) is 18.0 Å². The highest BCUT2D eigenvalue weighted by molar-refractivity contribution is 5.50. The molecule has 3 rings (SSSR count). The Morgan fingerprint density at radius 1 is 1.10 bits per heavy atom. The van der Waals surface area contributed by atoms with E-state index in [4.69, 9.17) is 10.5 Å². The Labute approximate surface area is 116 Å². The summed E-state index contributed by atoms with van der Waals surface area (Å²) in [5, 5.41) is 7.96. The second-order valence-electron chi connectivity index (χ2n) is 4.82. The number of nitrogens with zero attached hydrogens (tertiary/aromatic N) is 5. The van der Waals surface area contributed by atoms with Gasteiger partial charge in [0, 0.05) is 12.0 Å². The first kappa shape index (κ1) is 12.7. The molecule has 0 bridgehead atoms. The van der Waals surface area contributed by atoms with E-state index in [-0.39, 0.29) is 5.95 Å². The summed E-state index contributed by atoms with van der Waals surface area (Å²) in [7, 11) is 1.54. The van der Waals surface area contributed by atoms with Crippen LogP contribution < -0.4 is 10.5 Å². The lowest BCUT2D eigenvalue weighted by molar-refractivity contribution is 0.392. The van der Waals surface area contributed by atoms with E-state index in [0.717, 1.165) is 18.7 Å². The van der Waals surface area contributed by atoms with E-state index in [0.29, 0.717) is 23.3 Å². The molecule has 104 valence electrons. The molecule has 7 nitrogen and oxygen atoms in total. The van der Waals surface area contributed by atoms with E-state index in [1.807, 2.05) is 0 Å². The third-order valence-electron chi connectivity index (χ3n) is 3.47. The molecule has 0 aliphatic heterocycles. The van der Waals surface area contributed by atoms with Gasteiger partial charge in [0.05, 0.1) is 7.11 Å². The molecule has 20 heavy (non-hydrogen) atoms. The van der Waals surface area contributed by atoms with Crippen molar-refractivity contribution in [2.45, 2.75) is 31.6 Å². The Morgan fingerprint density at radius 3 is 2.55 bits per heavy atom. The minimum Gasteiger partial charge on any atom is -0.480 e.